The first-order valence-electron chi connectivity index (χ1n) is 7.20. The molecule has 128 valence electrons. The van der Waals surface area contributed by atoms with E-state index in [0.717, 1.165) is 0 Å². The summed E-state index contributed by atoms with van der Waals surface area (Å²) in [7, 11) is 1.34. The van der Waals surface area contributed by atoms with Crippen molar-refractivity contribution < 1.29 is 42.1 Å². The van der Waals surface area contributed by atoms with Crippen LogP contribution in [0.15, 0.2) is 0 Å². The van der Waals surface area contributed by atoms with Gasteiger partial charge in [0, 0.05) is 25.9 Å². The standard InChI is InChI=1S/C14H16F2O7/c1-14(15,16)13(19)23-10-5-3-6-8(12(18)22-9(6)10)7(5)11(17)21-4-20-2/h5-10H,3-4H2,1-2H3. The summed E-state index contributed by atoms with van der Waals surface area (Å²) in [6.45, 7) is 0.145. The monoisotopic (exact) mass is 334 g/mol. The Labute approximate surface area is 130 Å². The van der Waals surface area contributed by atoms with Gasteiger partial charge in [0.05, 0.1) is 11.8 Å². The molecule has 2 aliphatic carbocycles. The molecule has 3 aliphatic rings. The summed E-state index contributed by atoms with van der Waals surface area (Å²) < 4.78 is 45.7. The van der Waals surface area contributed by atoms with Crippen LogP contribution in [0.25, 0.3) is 0 Å². The number of hydrogen-bond acceptors (Lipinski definition) is 7. The first-order valence-corrected chi connectivity index (χ1v) is 7.20. The molecule has 0 spiro atoms. The molecule has 1 heterocycles. The third-order valence-corrected chi connectivity index (χ3v) is 4.74. The maximum absolute atomic E-state index is 13.1. The van der Waals surface area contributed by atoms with Crippen LogP contribution in [0.2, 0.25) is 0 Å². The lowest BCUT2D eigenvalue weighted by Crippen LogP contribution is -2.45. The normalized spacial score (nSPS) is 37.7. The highest BCUT2D eigenvalue weighted by Crippen LogP contribution is 2.59. The molecule has 0 aromatic heterocycles. The van der Waals surface area contributed by atoms with Gasteiger partial charge in [-0.25, -0.2) is 4.79 Å². The minimum atomic E-state index is -3.66. The van der Waals surface area contributed by atoms with Gasteiger partial charge in [-0.15, -0.1) is 0 Å². The van der Waals surface area contributed by atoms with E-state index in [0.29, 0.717) is 13.3 Å². The van der Waals surface area contributed by atoms with E-state index in [-0.39, 0.29) is 12.7 Å². The Hall–Kier alpha value is -1.77. The average molecular weight is 334 g/mol. The second kappa shape index (κ2) is 5.40. The lowest BCUT2D eigenvalue weighted by molar-refractivity contribution is -0.187. The van der Waals surface area contributed by atoms with Crippen LogP contribution in [0, 0.1) is 23.7 Å². The van der Waals surface area contributed by atoms with Gasteiger partial charge in [0.2, 0.25) is 0 Å². The summed E-state index contributed by atoms with van der Waals surface area (Å²) in [4.78, 5) is 35.6. The van der Waals surface area contributed by atoms with Crippen LogP contribution < -0.4 is 0 Å². The molecule has 3 fully saturated rings. The van der Waals surface area contributed by atoms with Crippen molar-refractivity contribution in [1.29, 1.82) is 0 Å². The highest BCUT2D eigenvalue weighted by atomic mass is 19.3. The molecule has 6 unspecified atom stereocenters. The molecule has 0 aromatic rings. The number of alkyl halides is 2. The van der Waals surface area contributed by atoms with E-state index in [2.05, 4.69) is 4.74 Å². The first-order chi connectivity index (χ1) is 10.8. The van der Waals surface area contributed by atoms with Crippen molar-refractivity contribution >= 4 is 17.9 Å². The Bertz CT molecular complexity index is 544. The number of halogens is 2. The molecule has 0 aromatic carbocycles. The largest absolute Gasteiger partial charge is 0.458 e. The quantitative estimate of drug-likeness (QED) is 0.411. The molecule has 1 aliphatic heterocycles. The van der Waals surface area contributed by atoms with Crippen molar-refractivity contribution in [2.45, 2.75) is 31.5 Å². The Kier molecular flexibility index (Phi) is 3.78. The molecule has 6 atom stereocenters. The minimum Gasteiger partial charge on any atom is -0.458 e. The van der Waals surface area contributed by atoms with Crippen molar-refractivity contribution in [2.75, 3.05) is 13.9 Å². The molecular weight excluding hydrogens is 318 g/mol. The van der Waals surface area contributed by atoms with Gasteiger partial charge >= 0.3 is 23.8 Å². The lowest BCUT2D eigenvalue weighted by Gasteiger charge is -2.30. The molecule has 0 radical (unpaired) electrons. The van der Waals surface area contributed by atoms with Crippen LogP contribution in [0.5, 0.6) is 0 Å². The highest BCUT2D eigenvalue weighted by Gasteiger charge is 2.70. The van der Waals surface area contributed by atoms with E-state index in [9.17, 15) is 23.2 Å². The Balaban J connectivity index is 1.80. The average Bonchev–Trinajstić information content (AvgIpc) is 3.06. The van der Waals surface area contributed by atoms with E-state index in [4.69, 9.17) is 14.2 Å². The molecule has 3 rings (SSSR count). The summed E-state index contributed by atoms with van der Waals surface area (Å²) in [6, 6.07) is 0. The van der Waals surface area contributed by atoms with Crippen LogP contribution in [-0.2, 0) is 33.3 Å². The van der Waals surface area contributed by atoms with Crippen molar-refractivity contribution in [1.82, 2.24) is 0 Å². The SMILES string of the molecule is COCOC(=O)C1C2CC3C(OC(=O)C31)C2OC(=O)C(C)(F)F. The highest BCUT2D eigenvalue weighted by molar-refractivity contribution is 5.86. The number of carbonyl (C=O) groups is 3. The van der Waals surface area contributed by atoms with Gasteiger partial charge in [0.25, 0.3) is 0 Å². The maximum atomic E-state index is 13.1. The number of rotatable bonds is 5. The first kappa shape index (κ1) is 16.1. The number of fused-ring (bicyclic) bond motifs is 1. The molecule has 0 N–H and O–H groups in total. The van der Waals surface area contributed by atoms with Crippen LogP contribution in [0.1, 0.15) is 13.3 Å². The molecule has 9 heteroatoms. The second-order valence-corrected chi connectivity index (χ2v) is 6.14. The van der Waals surface area contributed by atoms with E-state index >= 15 is 0 Å². The van der Waals surface area contributed by atoms with Gasteiger partial charge in [-0.05, 0) is 6.42 Å². The molecule has 7 nitrogen and oxygen atoms in total. The number of methoxy groups -OCH3 is 1. The zero-order valence-electron chi connectivity index (χ0n) is 12.5. The van der Waals surface area contributed by atoms with Crippen molar-refractivity contribution in [2.24, 2.45) is 23.7 Å². The summed E-state index contributed by atoms with van der Waals surface area (Å²) in [6.07, 6.45) is -1.43. The van der Waals surface area contributed by atoms with Crippen molar-refractivity contribution in [3.8, 4) is 0 Å². The van der Waals surface area contributed by atoms with E-state index in [1.54, 1.807) is 0 Å². The molecule has 1 saturated heterocycles. The predicted molar refractivity (Wildman–Crippen MR) is 66.9 cm³/mol. The topological polar surface area (TPSA) is 88.1 Å². The lowest BCUT2D eigenvalue weighted by atomic mass is 9.78. The fourth-order valence-electron chi connectivity index (χ4n) is 3.91. The van der Waals surface area contributed by atoms with Gasteiger partial charge in [-0.2, -0.15) is 8.78 Å². The van der Waals surface area contributed by atoms with Gasteiger partial charge in [-0.1, -0.05) is 0 Å². The van der Waals surface area contributed by atoms with E-state index < -0.39 is 53.8 Å². The van der Waals surface area contributed by atoms with Gasteiger partial charge in [0.1, 0.15) is 12.2 Å². The Morgan fingerprint density at radius 2 is 2.04 bits per heavy atom. The maximum Gasteiger partial charge on any atom is 0.377 e. The van der Waals surface area contributed by atoms with Crippen LogP contribution in [-0.4, -0.2) is 49.9 Å². The van der Waals surface area contributed by atoms with Crippen LogP contribution >= 0.6 is 0 Å². The summed E-state index contributed by atoms with van der Waals surface area (Å²) >= 11 is 0. The summed E-state index contributed by atoms with van der Waals surface area (Å²) in [5.41, 5.74) is 0. The number of esters is 3. The number of carbonyl (C=O) groups excluding carboxylic acids is 3. The zero-order chi connectivity index (χ0) is 16.9. The molecule has 23 heavy (non-hydrogen) atoms. The second-order valence-electron chi connectivity index (χ2n) is 6.14. The van der Waals surface area contributed by atoms with Crippen LogP contribution in [0.3, 0.4) is 0 Å². The molecule has 0 amide bonds. The van der Waals surface area contributed by atoms with E-state index in [1.165, 1.54) is 7.11 Å². The molecule has 2 bridgehead atoms. The van der Waals surface area contributed by atoms with Gasteiger partial charge < -0.3 is 18.9 Å². The van der Waals surface area contributed by atoms with Gasteiger partial charge in [-0.3, -0.25) is 9.59 Å². The number of ether oxygens (including phenoxy) is 4. The van der Waals surface area contributed by atoms with Crippen LogP contribution in [0.4, 0.5) is 8.78 Å². The van der Waals surface area contributed by atoms with E-state index in [1.807, 2.05) is 0 Å². The predicted octanol–water partition coefficient (Wildman–Crippen LogP) is 0.508. The fraction of sp³-hybridized carbons (Fsp3) is 0.786. The Morgan fingerprint density at radius 3 is 2.65 bits per heavy atom. The smallest absolute Gasteiger partial charge is 0.377 e. The minimum absolute atomic E-state index is 0.282. The third-order valence-electron chi connectivity index (χ3n) is 4.74. The summed E-state index contributed by atoms with van der Waals surface area (Å²) in [5.74, 6) is -9.05. The Morgan fingerprint density at radius 1 is 1.35 bits per heavy atom. The summed E-state index contributed by atoms with van der Waals surface area (Å²) in [5, 5.41) is 0. The zero-order valence-corrected chi connectivity index (χ0v) is 12.5. The van der Waals surface area contributed by atoms with Gasteiger partial charge in [0.15, 0.2) is 6.79 Å². The molecule has 2 saturated carbocycles. The van der Waals surface area contributed by atoms with Crippen molar-refractivity contribution in [3.63, 3.8) is 0 Å². The fourth-order valence-corrected chi connectivity index (χ4v) is 3.91. The molecular formula is C14H16F2O7. The third kappa shape index (κ3) is 2.46. The number of hydrogen-bond donors (Lipinski definition) is 0. The van der Waals surface area contributed by atoms with Crippen molar-refractivity contribution in [3.05, 3.63) is 0 Å².